The highest BCUT2D eigenvalue weighted by Crippen LogP contribution is 2.35. The Morgan fingerprint density at radius 1 is 1.24 bits per heavy atom. The Morgan fingerprint density at radius 3 is 2.67 bits per heavy atom. The molecule has 0 aliphatic carbocycles. The number of nitrogens with zero attached hydrogens (tertiary/aromatic N) is 4. The van der Waals surface area contributed by atoms with Crippen LogP contribution in [-0.2, 0) is 22.6 Å². The molecule has 2 aromatic rings. The lowest BCUT2D eigenvalue weighted by Crippen LogP contribution is -2.45. The maximum atomic E-state index is 13.2. The summed E-state index contributed by atoms with van der Waals surface area (Å²) in [5, 5.41) is 33.8. The molecule has 0 radical (unpaired) electrons. The van der Waals surface area contributed by atoms with Crippen molar-refractivity contribution in [1.82, 2.24) is 20.4 Å². The average Bonchev–Trinajstić information content (AvgIpc) is 3.39. The van der Waals surface area contributed by atoms with E-state index in [1.54, 1.807) is 29.2 Å². The van der Waals surface area contributed by atoms with Crippen LogP contribution in [0.15, 0.2) is 41.4 Å². The average molecular weight is 614 g/mol. The van der Waals surface area contributed by atoms with E-state index in [0.717, 1.165) is 6.42 Å². The fraction of sp³-hybridized carbons (Fsp3) is 0.345. The van der Waals surface area contributed by atoms with Gasteiger partial charge in [0.05, 0.1) is 22.2 Å². The zero-order valence-corrected chi connectivity index (χ0v) is 24.3. The number of carboxylic acid groups (broad SMARTS) is 1. The van der Waals surface area contributed by atoms with Crippen molar-refractivity contribution in [3.8, 4) is 11.9 Å². The minimum absolute atomic E-state index is 0.0147. The molecule has 2 aliphatic heterocycles. The number of guanidine groups is 1. The number of phenols is 1. The molecule has 1 saturated heterocycles. The molecular weight excluding hydrogens is 583 g/mol. The van der Waals surface area contributed by atoms with Gasteiger partial charge in [-0.05, 0) is 48.1 Å². The molecule has 2 amide bonds. The molecule has 11 nitrogen and oxygen atoms in total. The summed E-state index contributed by atoms with van der Waals surface area (Å²) in [7, 11) is 0. The first kappa shape index (κ1) is 30.7. The maximum absolute atomic E-state index is 13.2. The van der Waals surface area contributed by atoms with E-state index in [9.17, 15) is 24.6 Å². The second-order valence-electron chi connectivity index (χ2n) is 10.2. The number of aliphatic imine (C=N–C) groups is 1. The van der Waals surface area contributed by atoms with E-state index < -0.39 is 17.9 Å². The normalized spacial score (nSPS) is 17.5. The number of rotatable bonds is 7. The van der Waals surface area contributed by atoms with Gasteiger partial charge in [-0.2, -0.15) is 5.26 Å². The number of fused-ring (bicyclic) bond motifs is 1. The molecule has 2 heterocycles. The Kier molecular flexibility index (Phi) is 9.93. The van der Waals surface area contributed by atoms with E-state index in [0.29, 0.717) is 48.7 Å². The quantitative estimate of drug-likeness (QED) is 0.122. The van der Waals surface area contributed by atoms with Gasteiger partial charge in [0.1, 0.15) is 11.8 Å². The Balaban J connectivity index is 1.47. The van der Waals surface area contributed by atoms with Gasteiger partial charge in [-0.3, -0.25) is 14.9 Å². The Bertz CT molecular complexity index is 1490. The summed E-state index contributed by atoms with van der Waals surface area (Å²) < 4.78 is 0. The first-order chi connectivity index (χ1) is 20.1. The van der Waals surface area contributed by atoms with Crippen LogP contribution >= 0.6 is 23.2 Å². The van der Waals surface area contributed by atoms with Crippen molar-refractivity contribution in [2.75, 3.05) is 26.2 Å². The van der Waals surface area contributed by atoms with Crippen molar-refractivity contribution in [1.29, 1.82) is 5.26 Å². The van der Waals surface area contributed by atoms with E-state index in [4.69, 9.17) is 28.5 Å². The monoisotopic (exact) mass is 612 g/mol. The minimum Gasteiger partial charge on any atom is -0.507 e. The number of hydrogen-bond acceptors (Lipinski definition) is 6. The molecule has 0 unspecified atom stereocenters. The van der Waals surface area contributed by atoms with Gasteiger partial charge in [-0.1, -0.05) is 48.3 Å². The van der Waals surface area contributed by atoms with Crippen LogP contribution < -0.4 is 10.6 Å². The van der Waals surface area contributed by atoms with Crippen molar-refractivity contribution in [3.63, 3.8) is 0 Å². The second kappa shape index (κ2) is 13.6. The van der Waals surface area contributed by atoms with E-state index >= 15 is 0 Å². The Labute approximate surface area is 253 Å². The van der Waals surface area contributed by atoms with Crippen molar-refractivity contribution >= 4 is 53.0 Å². The highest BCUT2D eigenvalue weighted by Gasteiger charge is 2.29. The van der Waals surface area contributed by atoms with Gasteiger partial charge in [-0.25, -0.2) is 9.79 Å². The molecule has 0 aromatic heterocycles. The maximum Gasteiger partial charge on any atom is 0.328 e. The highest BCUT2D eigenvalue weighted by atomic mass is 35.5. The third-order valence-electron chi connectivity index (χ3n) is 7.20. The van der Waals surface area contributed by atoms with Crippen LogP contribution in [0.4, 0.5) is 0 Å². The number of aromatic hydroxyl groups is 1. The summed E-state index contributed by atoms with van der Waals surface area (Å²) in [5.41, 5.74) is 1.77. The van der Waals surface area contributed by atoms with Crippen LogP contribution in [0.1, 0.15) is 40.4 Å². The summed E-state index contributed by atoms with van der Waals surface area (Å²) in [5.74, 6) is -1.63. The predicted octanol–water partition coefficient (Wildman–Crippen LogP) is 3.25. The van der Waals surface area contributed by atoms with E-state index in [-0.39, 0.29) is 46.3 Å². The summed E-state index contributed by atoms with van der Waals surface area (Å²) in [6, 6.07) is 6.81. The topological polar surface area (TPSA) is 158 Å². The number of amides is 2. The molecule has 13 heteroatoms. The van der Waals surface area contributed by atoms with Gasteiger partial charge >= 0.3 is 5.97 Å². The lowest BCUT2D eigenvalue weighted by molar-refractivity contribution is -0.139. The molecule has 1 fully saturated rings. The molecule has 2 aliphatic rings. The van der Waals surface area contributed by atoms with Gasteiger partial charge in [0.15, 0.2) is 6.19 Å². The number of nitrogens with one attached hydrogen (secondary N) is 2. The second-order valence-corrected chi connectivity index (χ2v) is 11.0. The summed E-state index contributed by atoms with van der Waals surface area (Å²) in [6.45, 7) is 3.64. The fourth-order valence-corrected chi connectivity index (χ4v) is 5.70. The fourth-order valence-electron chi connectivity index (χ4n) is 4.93. The van der Waals surface area contributed by atoms with Gasteiger partial charge in [0.25, 0.3) is 5.91 Å². The zero-order valence-electron chi connectivity index (χ0n) is 22.8. The van der Waals surface area contributed by atoms with Crippen LogP contribution in [0.5, 0.6) is 5.75 Å². The van der Waals surface area contributed by atoms with Crippen LogP contribution in [0.25, 0.3) is 6.08 Å². The number of hydrogen-bond donors (Lipinski definition) is 4. The van der Waals surface area contributed by atoms with Crippen molar-refractivity contribution in [2.24, 2.45) is 10.9 Å². The number of carboxylic acids is 1. The van der Waals surface area contributed by atoms with Crippen molar-refractivity contribution in [2.45, 2.75) is 32.4 Å². The number of aliphatic carboxylic acids is 1. The first-order valence-corrected chi connectivity index (χ1v) is 14.1. The van der Waals surface area contributed by atoms with Gasteiger partial charge in [0, 0.05) is 37.8 Å². The van der Waals surface area contributed by atoms with Gasteiger partial charge in [0.2, 0.25) is 11.9 Å². The highest BCUT2D eigenvalue weighted by molar-refractivity contribution is 6.40. The lowest BCUT2D eigenvalue weighted by Gasteiger charge is -2.29. The molecule has 0 spiro atoms. The third-order valence-corrected chi connectivity index (χ3v) is 7.92. The number of phenolic OH excluding ortho intramolecular Hbond substituents is 1. The van der Waals surface area contributed by atoms with Gasteiger partial charge < -0.3 is 25.3 Å². The largest absolute Gasteiger partial charge is 0.507 e. The predicted molar refractivity (Wildman–Crippen MR) is 158 cm³/mol. The summed E-state index contributed by atoms with van der Waals surface area (Å²) >= 11 is 13.1. The molecule has 2 atom stereocenters. The molecule has 4 rings (SSSR count). The number of nitriles is 1. The summed E-state index contributed by atoms with van der Waals surface area (Å²) in [6.07, 6.45) is 6.00. The lowest BCUT2D eigenvalue weighted by atomic mass is 9.96. The van der Waals surface area contributed by atoms with Crippen LogP contribution in [0.3, 0.4) is 0 Å². The van der Waals surface area contributed by atoms with Crippen molar-refractivity contribution in [3.05, 3.63) is 68.7 Å². The van der Waals surface area contributed by atoms with E-state index in [1.807, 2.05) is 11.1 Å². The summed E-state index contributed by atoms with van der Waals surface area (Å²) in [4.78, 5) is 45.7. The van der Waals surface area contributed by atoms with Gasteiger partial charge in [-0.15, -0.1) is 0 Å². The number of carbonyl (C=O) groups is 3. The molecule has 4 N–H and O–H groups in total. The molecule has 42 heavy (non-hydrogen) atoms. The molecule has 0 saturated carbocycles. The number of benzene rings is 2. The van der Waals surface area contributed by atoms with Crippen LogP contribution in [0, 0.1) is 17.4 Å². The van der Waals surface area contributed by atoms with Crippen LogP contribution in [0.2, 0.25) is 10.0 Å². The molecule has 2 aromatic carbocycles. The van der Waals surface area contributed by atoms with E-state index in [2.05, 4.69) is 22.5 Å². The molecule has 220 valence electrons. The molecule has 0 bridgehead atoms. The van der Waals surface area contributed by atoms with Crippen LogP contribution in [-0.4, -0.2) is 76.0 Å². The molecular formula is C29H30Cl2N6O5. The SMILES string of the molecule is C[C@H]1CCN(C(=NC[C@H](NC(=O)c2c(Cl)cc3c(c2Cl)CCN(C(=O)/C=C/c2ccccc2O)C3)C(=O)O)NC#N)C1. The minimum atomic E-state index is -1.40. The standard InChI is InChI=1S/C29H30Cl2N6O5/c1-17-8-10-37(14-17)29(34-16-32)33-13-22(28(41)42)35-27(40)25-21(30)12-19-15-36(11-9-20(19)26(25)31)24(39)7-6-18-4-2-3-5-23(18)38/h2-7,12,17,22,38H,8-11,13-15H2,1H3,(H,33,34)(H,35,40)(H,41,42)/b7-6+/t17-,22-/m0/s1. The number of para-hydroxylation sites is 1. The number of likely N-dealkylation sites (tertiary alicyclic amines) is 1. The third kappa shape index (κ3) is 7.13. The zero-order chi connectivity index (χ0) is 30.4. The Hall–Kier alpha value is -4.27. The van der Waals surface area contributed by atoms with E-state index in [1.165, 1.54) is 18.2 Å². The number of carbonyl (C=O) groups excluding carboxylic acids is 2. The smallest absolute Gasteiger partial charge is 0.328 e. The first-order valence-electron chi connectivity index (χ1n) is 13.3. The number of halogens is 2. The Morgan fingerprint density at radius 2 is 2.00 bits per heavy atom. The van der Waals surface area contributed by atoms with Crippen molar-refractivity contribution < 1.29 is 24.6 Å².